The molecule has 0 radical (unpaired) electrons. The second kappa shape index (κ2) is 7.86. The van der Waals surface area contributed by atoms with Crippen molar-refractivity contribution in [1.82, 2.24) is 10.2 Å². The number of ether oxygens (including phenoxy) is 1. The Morgan fingerprint density at radius 1 is 1.04 bits per heavy atom. The Labute approximate surface area is 150 Å². The van der Waals surface area contributed by atoms with Crippen LogP contribution in [0.15, 0.2) is 48.5 Å². The number of phenols is 1. The number of amides is 3. The summed E-state index contributed by atoms with van der Waals surface area (Å²) in [4.78, 5) is 25.8. The number of hydrogen-bond acceptors (Lipinski definition) is 4. The monoisotopic (exact) mass is 358 g/mol. The van der Waals surface area contributed by atoms with Crippen LogP contribution in [0, 0.1) is 5.82 Å². The highest BCUT2D eigenvalue weighted by molar-refractivity contribution is 6.04. The van der Waals surface area contributed by atoms with Gasteiger partial charge in [-0.1, -0.05) is 0 Å². The van der Waals surface area contributed by atoms with Crippen LogP contribution in [-0.4, -0.2) is 41.1 Å². The molecule has 0 bridgehead atoms. The molecular formula is C19H19FN2O4. The third-order valence-electron chi connectivity index (χ3n) is 4.20. The quantitative estimate of drug-likeness (QED) is 0.884. The zero-order valence-electron chi connectivity index (χ0n) is 14.0. The highest BCUT2D eigenvalue weighted by atomic mass is 19.1. The number of phenolic OH excluding ortho intramolecular Hbond substituents is 1. The third kappa shape index (κ3) is 4.50. The SMILES string of the molecule is O=C(NC(=O)N1CCC(Oc2ccc(F)cc2)CC1)c1ccc(O)cc1. The van der Waals surface area contributed by atoms with Gasteiger partial charge in [0.2, 0.25) is 0 Å². The van der Waals surface area contributed by atoms with E-state index in [0.29, 0.717) is 37.2 Å². The lowest BCUT2D eigenvalue weighted by molar-refractivity contribution is 0.0916. The number of carbonyl (C=O) groups excluding carboxylic acids is 2. The number of likely N-dealkylation sites (tertiary alicyclic amines) is 1. The van der Waals surface area contributed by atoms with Gasteiger partial charge in [0.1, 0.15) is 23.4 Å². The lowest BCUT2D eigenvalue weighted by atomic mass is 10.1. The molecule has 136 valence electrons. The van der Waals surface area contributed by atoms with Gasteiger partial charge in [-0.25, -0.2) is 9.18 Å². The Hall–Kier alpha value is -3.09. The van der Waals surface area contributed by atoms with E-state index in [9.17, 15) is 19.1 Å². The van der Waals surface area contributed by atoms with E-state index in [2.05, 4.69) is 5.32 Å². The molecule has 7 heteroatoms. The van der Waals surface area contributed by atoms with Gasteiger partial charge in [-0.15, -0.1) is 0 Å². The first-order valence-electron chi connectivity index (χ1n) is 8.33. The number of benzene rings is 2. The maximum absolute atomic E-state index is 12.9. The molecule has 2 aromatic rings. The Morgan fingerprint density at radius 3 is 2.27 bits per heavy atom. The van der Waals surface area contributed by atoms with E-state index >= 15 is 0 Å². The molecule has 1 fully saturated rings. The normalized spacial score (nSPS) is 14.7. The first-order chi connectivity index (χ1) is 12.5. The second-order valence-electron chi connectivity index (χ2n) is 6.06. The summed E-state index contributed by atoms with van der Waals surface area (Å²) in [6, 6.07) is 11.0. The average Bonchev–Trinajstić information content (AvgIpc) is 2.64. The van der Waals surface area contributed by atoms with Gasteiger partial charge in [0.15, 0.2) is 0 Å². The molecule has 0 aliphatic carbocycles. The lowest BCUT2D eigenvalue weighted by Gasteiger charge is -2.32. The molecule has 1 heterocycles. The largest absolute Gasteiger partial charge is 0.508 e. The van der Waals surface area contributed by atoms with Gasteiger partial charge in [-0.3, -0.25) is 10.1 Å². The number of hydrogen-bond donors (Lipinski definition) is 2. The number of rotatable bonds is 3. The number of nitrogens with one attached hydrogen (secondary N) is 1. The molecule has 1 saturated heterocycles. The predicted molar refractivity (Wildman–Crippen MR) is 92.6 cm³/mol. The lowest BCUT2D eigenvalue weighted by Crippen LogP contribution is -2.48. The van der Waals surface area contributed by atoms with Crippen LogP contribution < -0.4 is 10.1 Å². The summed E-state index contributed by atoms with van der Waals surface area (Å²) in [5.41, 5.74) is 0.297. The van der Waals surface area contributed by atoms with Gasteiger partial charge in [0, 0.05) is 31.5 Å². The second-order valence-corrected chi connectivity index (χ2v) is 6.06. The minimum Gasteiger partial charge on any atom is -0.508 e. The molecule has 0 aromatic heterocycles. The smallest absolute Gasteiger partial charge is 0.324 e. The minimum absolute atomic E-state index is 0.0519. The van der Waals surface area contributed by atoms with Crippen molar-refractivity contribution < 1.29 is 23.8 Å². The fraction of sp³-hybridized carbons (Fsp3) is 0.263. The topological polar surface area (TPSA) is 78.9 Å². The molecular weight excluding hydrogens is 339 g/mol. The van der Waals surface area contributed by atoms with Crippen molar-refractivity contribution in [3.05, 3.63) is 59.9 Å². The predicted octanol–water partition coefficient (Wildman–Crippen LogP) is 2.92. The zero-order chi connectivity index (χ0) is 18.5. The van der Waals surface area contributed by atoms with Crippen molar-refractivity contribution in [2.45, 2.75) is 18.9 Å². The molecule has 26 heavy (non-hydrogen) atoms. The van der Waals surface area contributed by atoms with Crippen molar-refractivity contribution in [2.75, 3.05) is 13.1 Å². The summed E-state index contributed by atoms with van der Waals surface area (Å²) in [5, 5.41) is 11.6. The van der Waals surface area contributed by atoms with E-state index in [-0.39, 0.29) is 17.7 Å². The summed E-state index contributed by atoms with van der Waals surface area (Å²) < 4.78 is 18.7. The molecule has 6 nitrogen and oxygen atoms in total. The molecule has 2 N–H and O–H groups in total. The Bertz CT molecular complexity index is 769. The third-order valence-corrected chi connectivity index (χ3v) is 4.20. The Morgan fingerprint density at radius 2 is 1.65 bits per heavy atom. The molecule has 1 aliphatic rings. The highest BCUT2D eigenvalue weighted by Crippen LogP contribution is 2.19. The molecule has 0 unspecified atom stereocenters. The summed E-state index contributed by atoms with van der Waals surface area (Å²) in [6.07, 6.45) is 1.19. The first kappa shape index (κ1) is 17.7. The zero-order valence-corrected chi connectivity index (χ0v) is 14.0. The number of imide groups is 1. The summed E-state index contributed by atoms with van der Waals surface area (Å²) in [7, 11) is 0. The van der Waals surface area contributed by atoms with Crippen molar-refractivity contribution in [2.24, 2.45) is 0 Å². The van der Waals surface area contributed by atoms with Crippen LogP contribution in [0.1, 0.15) is 23.2 Å². The van der Waals surface area contributed by atoms with Gasteiger partial charge in [-0.05, 0) is 48.5 Å². The molecule has 0 atom stereocenters. The molecule has 0 spiro atoms. The Balaban J connectivity index is 1.48. The summed E-state index contributed by atoms with van der Waals surface area (Å²) in [6.45, 7) is 0.918. The number of urea groups is 1. The highest BCUT2D eigenvalue weighted by Gasteiger charge is 2.25. The maximum Gasteiger partial charge on any atom is 0.324 e. The molecule has 0 saturated carbocycles. The van der Waals surface area contributed by atoms with Gasteiger partial charge >= 0.3 is 6.03 Å². The van der Waals surface area contributed by atoms with E-state index in [1.165, 1.54) is 36.4 Å². The summed E-state index contributed by atoms with van der Waals surface area (Å²) >= 11 is 0. The molecule has 3 amide bonds. The number of halogens is 1. The maximum atomic E-state index is 12.9. The number of piperidine rings is 1. The Kier molecular flexibility index (Phi) is 5.36. The molecule has 3 rings (SSSR count). The van der Waals surface area contributed by atoms with Crippen LogP contribution in [0.5, 0.6) is 11.5 Å². The van der Waals surface area contributed by atoms with Gasteiger partial charge < -0.3 is 14.7 Å². The number of nitrogens with zero attached hydrogens (tertiary/aromatic N) is 1. The van der Waals surface area contributed by atoms with E-state index in [1.54, 1.807) is 17.0 Å². The van der Waals surface area contributed by atoms with Gasteiger partial charge in [-0.2, -0.15) is 0 Å². The van der Waals surface area contributed by atoms with Gasteiger partial charge in [0.25, 0.3) is 5.91 Å². The number of carbonyl (C=O) groups is 2. The van der Waals surface area contributed by atoms with Crippen LogP contribution >= 0.6 is 0 Å². The summed E-state index contributed by atoms with van der Waals surface area (Å²) in [5.74, 6) is -0.185. The van der Waals surface area contributed by atoms with Crippen LogP contribution in [0.3, 0.4) is 0 Å². The van der Waals surface area contributed by atoms with E-state index in [0.717, 1.165) is 0 Å². The van der Waals surface area contributed by atoms with Crippen LogP contribution in [-0.2, 0) is 0 Å². The van der Waals surface area contributed by atoms with Crippen molar-refractivity contribution >= 4 is 11.9 Å². The van der Waals surface area contributed by atoms with Crippen molar-refractivity contribution in [1.29, 1.82) is 0 Å². The van der Waals surface area contributed by atoms with Crippen LogP contribution in [0.4, 0.5) is 9.18 Å². The van der Waals surface area contributed by atoms with Crippen LogP contribution in [0.2, 0.25) is 0 Å². The molecule has 1 aliphatic heterocycles. The van der Waals surface area contributed by atoms with E-state index < -0.39 is 11.9 Å². The fourth-order valence-electron chi connectivity index (χ4n) is 2.74. The average molecular weight is 358 g/mol. The van der Waals surface area contributed by atoms with Crippen molar-refractivity contribution in [3.8, 4) is 11.5 Å². The van der Waals surface area contributed by atoms with Crippen molar-refractivity contribution in [3.63, 3.8) is 0 Å². The van der Waals surface area contributed by atoms with E-state index in [1.807, 2.05) is 0 Å². The van der Waals surface area contributed by atoms with E-state index in [4.69, 9.17) is 4.74 Å². The fourth-order valence-corrected chi connectivity index (χ4v) is 2.74. The van der Waals surface area contributed by atoms with Gasteiger partial charge in [0.05, 0.1) is 0 Å². The standard InChI is InChI=1S/C19H19FN2O4/c20-14-3-7-16(8-4-14)26-17-9-11-22(12-10-17)19(25)21-18(24)13-1-5-15(23)6-2-13/h1-8,17,23H,9-12H2,(H,21,24,25). The minimum atomic E-state index is -0.514. The number of aromatic hydroxyl groups is 1. The van der Waals surface area contributed by atoms with Crippen LogP contribution in [0.25, 0.3) is 0 Å². The first-order valence-corrected chi connectivity index (χ1v) is 8.33. The molecule has 2 aromatic carbocycles.